The smallest absolute Gasteiger partial charge is 0.128 e. The van der Waals surface area contributed by atoms with Crippen molar-refractivity contribution in [3.05, 3.63) is 35.1 Å². The van der Waals surface area contributed by atoms with Crippen molar-refractivity contribution in [2.75, 3.05) is 26.2 Å². The van der Waals surface area contributed by atoms with E-state index >= 15 is 0 Å². The van der Waals surface area contributed by atoms with Gasteiger partial charge in [0.1, 0.15) is 5.82 Å². The van der Waals surface area contributed by atoms with Crippen LogP contribution in [0, 0.1) is 17.7 Å². The van der Waals surface area contributed by atoms with E-state index in [1.807, 2.05) is 12.1 Å². The van der Waals surface area contributed by atoms with E-state index in [0.717, 1.165) is 26.1 Å². The lowest BCUT2D eigenvalue weighted by molar-refractivity contribution is 0.0666. The first-order valence-corrected chi connectivity index (χ1v) is 7.00. The van der Waals surface area contributed by atoms with Crippen molar-refractivity contribution in [3.63, 3.8) is 0 Å². The number of halogens is 1. The van der Waals surface area contributed by atoms with Crippen LogP contribution in [0.5, 0.6) is 0 Å². The molecule has 4 heteroatoms. The average Bonchev–Trinajstić information content (AvgIpc) is 2.63. The highest BCUT2D eigenvalue weighted by atomic mass is 19.1. The molecule has 0 spiro atoms. The van der Waals surface area contributed by atoms with Crippen LogP contribution in [-0.2, 0) is 11.3 Å². The van der Waals surface area contributed by atoms with Crippen molar-refractivity contribution >= 4 is 0 Å². The van der Waals surface area contributed by atoms with Crippen LogP contribution in [0.4, 0.5) is 4.39 Å². The zero-order valence-corrected chi connectivity index (χ0v) is 11.9. The molecular weight excluding hydrogens is 255 g/mol. The van der Waals surface area contributed by atoms with Gasteiger partial charge < -0.3 is 10.5 Å². The predicted molar refractivity (Wildman–Crippen MR) is 77.6 cm³/mol. The molecule has 0 aromatic heterocycles. The van der Waals surface area contributed by atoms with Crippen LogP contribution in [0.2, 0.25) is 0 Å². The molecule has 1 fully saturated rings. The summed E-state index contributed by atoms with van der Waals surface area (Å²) in [6.45, 7) is 5.53. The summed E-state index contributed by atoms with van der Waals surface area (Å²) < 4.78 is 19.7. The van der Waals surface area contributed by atoms with Gasteiger partial charge in [-0.3, -0.25) is 4.90 Å². The number of ether oxygens (including phenoxy) is 1. The maximum Gasteiger partial charge on any atom is 0.128 e. The molecule has 1 unspecified atom stereocenters. The van der Waals surface area contributed by atoms with Gasteiger partial charge in [-0.2, -0.15) is 0 Å². The Morgan fingerprint density at radius 2 is 2.35 bits per heavy atom. The van der Waals surface area contributed by atoms with E-state index in [2.05, 4.69) is 23.7 Å². The van der Waals surface area contributed by atoms with Gasteiger partial charge in [-0.1, -0.05) is 17.9 Å². The summed E-state index contributed by atoms with van der Waals surface area (Å²) >= 11 is 0. The van der Waals surface area contributed by atoms with E-state index in [1.54, 1.807) is 0 Å². The molecular formula is C16H21FN2O. The maximum atomic E-state index is 14.1. The minimum atomic E-state index is -0.202. The molecule has 20 heavy (non-hydrogen) atoms. The van der Waals surface area contributed by atoms with Crippen LogP contribution >= 0.6 is 0 Å². The first kappa shape index (κ1) is 15.0. The molecule has 0 radical (unpaired) electrons. The van der Waals surface area contributed by atoms with Crippen molar-refractivity contribution in [3.8, 4) is 11.8 Å². The van der Waals surface area contributed by atoms with Crippen molar-refractivity contribution in [2.24, 2.45) is 5.73 Å². The van der Waals surface area contributed by atoms with Crippen LogP contribution < -0.4 is 5.73 Å². The first-order chi connectivity index (χ1) is 9.69. The van der Waals surface area contributed by atoms with Crippen LogP contribution in [0.3, 0.4) is 0 Å². The molecule has 1 aliphatic heterocycles. The second kappa shape index (κ2) is 7.39. The predicted octanol–water partition coefficient (Wildman–Crippen LogP) is 1.75. The largest absolute Gasteiger partial charge is 0.377 e. The number of hydrogen-bond acceptors (Lipinski definition) is 3. The highest BCUT2D eigenvalue weighted by molar-refractivity contribution is 5.37. The Morgan fingerprint density at radius 3 is 3.10 bits per heavy atom. The highest BCUT2D eigenvalue weighted by Crippen LogP contribution is 2.15. The lowest BCUT2D eigenvalue weighted by Crippen LogP contribution is -2.30. The average molecular weight is 276 g/mol. The van der Waals surface area contributed by atoms with Crippen molar-refractivity contribution in [1.82, 2.24) is 4.90 Å². The highest BCUT2D eigenvalue weighted by Gasteiger charge is 2.16. The SMILES string of the molecule is CC1CN(Cc2ccc(C#CCN)cc2F)CCCO1. The van der Waals surface area contributed by atoms with Gasteiger partial charge in [-0.05, 0) is 25.5 Å². The molecule has 2 rings (SSSR count). The summed E-state index contributed by atoms with van der Waals surface area (Å²) in [6.07, 6.45) is 1.20. The summed E-state index contributed by atoms with van der Waals surface area (Å²) in [6, 6.07) is 5.14. The molecule has 2 N–H and O–H groups in total. The Balaban J connectivity index is 2.05. The molecule has 0 bridgehead atoms. The fraction of sp³-hybridized carbons (Fsp3) is 0.500. The van der Waals surface area contributed by atoms with E-state index in [4.69, 9.17) is 10.5 Å². The van der Waals surface area contributed by atoms with Crippen LogP contribution in [0.25, 0.3) is 0 Å². The zero-order valence-electron chi connectivity index (χ0n) is 11.9. The van der Waals surface area contributed by atoms with Gasteiger partial charge in [-0.15, -0.1) is 0 Å². The molecule has 1 atom stereocenters. The second-order valence-electron chi connectivity index (χ2n) is 5.08. The number of rotatable bonds is 2. The quantitative estimate of drug-likeness (QED) is 0.836. The lowest BCUT2D eigenvalue weighted by Gasteiger charge is -2.22. The van der Waals surface area contributed by atoms with Gasteiger partial charge >= 0.3 is 0 Å². The van der Waals surface area contributed by atoms with E-state index in [9.17, 15) is 4.39 Å². The molecule has 1 saturated heterocycles. The fourth-order valence-corrected chi connectivity index (χ4v) is 2.37. The minimum Gasteiger partial charge on any atom is -0.377 e. The molecule has 1 aliphatic rings. The number of hydrogen-bond donors (Lipinski definition) is 1. The molecule has 1 heterocycles. The van der Waals surface area contributed by atoms with Gasteiger partial charge in [0, 0.05) is 37.4 Å². The molecule has 108 valence electrons. The fourth-order valence-electron chi connectivity index (χ4n) is 2.37. The molecule has 0 amide bonds. The van der Waals surface area contributed by atoms with Crippen LogP contribution in [-0.4, -0.2) is 37.2 Å². The number of nitrogens with zero attached hydrogens (tertiary/aromatic N) is 1. The maximum absolute atomic E-state index is 14.1. The molecule has 0 aliphatic carbocycles. The van der Waals surface area contributed by atoms with Gasteiger partial charge in [0.2, 0.25) is 0 Å². The van der Waals surface area contributed by atoms with Crippen molar-refractivity contribution < 1.29 is 9.13 Å². The van der Waals surface area contributed by atoms with Crippen molar-refractivity contribution in [1.29, 1.82) is 0 Å². The summed E-state index contributed by atoms with van der Waals surface area (Å²) in [7, 11) is 0. The Labute approximate surface area is 119 Å². The third kappa shape index (κ3) is 4.31. The van der Waals surface area contributed by atoms with Crippen LogP contribution in [0.1, 0.15) is 24.5 Å². The monoisotopic (exact) mass is 276 g/mol. The third-order valence-corrected chi connectivity index (χ3v) is 3.32. The second-order valence-corrected chi connectivity index (χ2v) is 5.08. The summed E-state index contributed by atoms with van der Waals surface area (Å²) in [5.41, 5.74) is 6.69. The summed E-state index contributed by atoms with van der Waals surface area (Å²) in [4.78, 5) is 2.24. The molecule has 0 saturated carbocycles. The number of benzene rings is 1. The Hall–Kier alpha value is -1.41. The Bertz CT molecular complexity index is 507. The van der Waals surface area contributed by atoms with Gasteiger partial charge in [0.25, 0.3) is 0 Å². The number of nitrogens with two attached hydrogens (primary N) is 1. The Morgan fingerprint density at radius 1 is 1.50 bits per heavy atom. The van der Waals surface area contributed by atoms with E-state index < -0.39 is 0 Å². The Kier molecular flexibility index (Phi) is 5.54. The van der Waals surface area contributed by atoms with E-state index in [1.165, 1.54) is 6.07 Å². The van der Waals surface area contributed by atoms with Crippen molar-refractivity contribution in [2.45, 2.75) is 26.0 Å². The standard InChI is InChI=1S/C16H21FN2O/c1-13-11-19(8-3-9-20-13)12-15-6-5-14(4-2-7-18)10-16(15)17/h5-6,10,13H,3,7-9,11-12,18H2,1H3. The van der Waals surface area contributed by atoms with Crippen LogP contribution in [0.15, 0.2) is 18.2 Å². The third-order valence-electron chi connectivity index (χ3n) is 3.32. The normalized spacial score (nSPS) is 20.1. The molecule has 1 aromatic carbocycles. The van der Waals surface area contributed by atoms with Gasteiger partial charge in [0.15, 0.2) is 0 Å². The van der Waals surface area contributed by atoms with E-state index in [-0.39, 0.29) is 18.5 Å². The molecule has 1 aromatic rings. The minimum absolute atomic E-state index is 0.202. The first-order valence-electron chi connectivity index (χ1n) is 7.00. The van der Waals surface area contributed by atoms with E-state index in [0.29, 0.717) is 17.7 Å². The molecule has 3 nitrogen and oxygen atoms in total. The lowest BCUT2D eigenvalue weighted by atomic mass is 10.1. The zero-order chi connectivity index (χ0) is 14.4. The van der Waals surface area contributed by atoms with Gasteiger partial charge in [-0.25, -0.2) is 4.39 Å². The summed E-state index contributed by atoms with van der Waals surface area (Å²) in [5, 5.41) is 0. The summed E-state index contributed by atoms with van der Waals surface area (Å²) in [5.74, 6) is 5.37. The topological polar surface area (TPSA) is 38.5 Å². The van der Waals surface area contributed by atoms with Gasteiger partial charge in [0.05, 0.1) is 12.6 Å².